The van der Waals surface area contributed by atoms with Gasteiger partial charge in [0.2, 0.25) is 10.0 Å². The van der Waals surface area contributed by atoms with Crippen molar-refractivity contribution in [2.45, 2.75) is 23.8 Å². The molecule has 0 saturated carbocycles. The molecule has 0 aliphatic carbocycles. The highest BCUT2D eigenvalue weighted by molar-refractivity contribution is 7.89. The molecule has 1 heterocycles. The molecule has 1 aliphatic rings. The maximum atomic E-state index is 12.1. The van der Waals surface area contributed by atoms with E-state index in [2.05, 4.69) is 4.72 Å². The van der Waals surface area contributed by atoms with Crippen LogP contribution >= 0.6 is 0 Å². The van der Waals surface area contributed by atoms with Gasteiger partial charge in [-0.25, -0.2) is 13.1 Å². The lowest BCUT2D eigenvalue weighted by Crippen LogP contribution is -2.46. The molecule has 1 saturated heterocycles. The molecular formula is C11H15NO4S. The van der Waals surface area contributed by atoms with E-state index in [1.807, 2.05) is 0 Å². The number of rotatable bonds is 3. The molecule has 0 radical (unpaired) electrons. The van der Waals surface area contributed by atoms with Crippen LogP contribution in [-0.2, 0) is 14.8 Å². The molecule has 17 heavy (non-hydrogen) atoms. The summed E-state index contributed by atoms with van der Waals surface area (Å²) >= 11 is 0. The number of phenolic OH excluding ortho intramolecular Hbond substituents is 1. The monoisotopic (exact) mass is 257 g/mol. The number of aromatic hydroxyl groups is 1. The Kier molecular flexibility index (Phi) is 3.11. The number of nitrogens with one attached hydrogen (secondary N) is 1. The van der Waals surface area contributed by atoms with Crippen molar-refractivity contribution in [2.24, 2.45) is 0 Å². The Balaban J connectivity index is 2.28. The van der Waals surface area contributed by atoms with Crippen LogP contribution in [0.5, 0.6) is 5.75 Å². The number of benzene rings is 1. The Morgan fingerprint density at radius 2 is 2.12 bits per heavy atom. The molecule has 1 aromatic rings. The van der Waals surface area contributed by atoms with E-state index < -0.39 is 15.6 Å². The third-order valence-electron chi connectivity index (χ3n) is 2.75. The first kappa shape index (κ1) is 12.3. The van der Waals surface area contributed by atoms with Gasteiger partial charge >= 0.3 is 0 Å². The van der Waals surface area contributed by atoms with E-state index in [4.69, 9.17) is 4.74 Å². The highest BCUT2D eigenvalue weighted by Crippen LogP contribution is 2.25. The van der Waals surface area contributed by atoms with E-state index in [1.54, 1.807) is 19.1 Å². The fourth-order valence-electron chi connectivity index (χ4n) is 1.81. The molecule has 6 heteroatoms. The minimum absolute atomic E-state index is 0.104. The van der Waals surface area contributed by atoms with Crippen LogP contribution in [0.1, 0.15) is 13.3 Å². The first-order valence-electron chi connectivity index (χ1n) is 5.33. The van der Waals surface area contributed by atoms with Gasteiger partial charge in [0, 0.05) is 6.61 Å². The average Bonchev–Trinajstić information content (AvgIpc) is 2.64. The topological polar surface area (TPSA) is 75.6 Å². The summed E-state index contributed by atoms with van der Waals surface area (Å²) in [6, 6.07) is 5.87. The molecule has 5 nitrogen and oxygen atoms in total. The van der Waals surface area contributed by atoms with Crippen molar-refractivity contribution in [3.8, 4) is 5.75 Å². The fraction of sp³-hybridized carbons (Fsp3) is 0.455. The van der Waals surface area contributed by atoms with Crippen LogP contribution < -0.4 is 4.72 Å². The molecule has 1 fully saturated rings. The fourth-order valence-corrected chi connectivity index (χ4v) is 3.33. The molecule has 2 N–H and O–H groups in total. The SMILES string of the molecule is CC1(NS(=O)(=O)c2ccccc2O)CCOC1. The lowest BCUT2D eigenvalue weighted by atomic mass is 10.0. The van der Waals surface area contributed by atoms with Gasteiger partial charge in [-0.15, -0.1) is 0 Å². The van der Waals surface area contributed by atoms with Crippen molar-refractivity contribution in [2.75, 3.05) is 13.2 Å². The normalized spacial score (nSPS) is 25.0. The van der Waals surface area contributed by atoms with Crippen LogP contribution in [0.25, 0.3) is 0 Å². The minimum Gasteiger partial charge on any atom is -0.507 e. The number of ether oxygens (including phenoxy) is 1. The summed E-state index contributed by atoms with van der Waals surface area (Å²) in [6.45, 7) is 2.68. The Bertz CT molecular complexity index is 506. The maximum Gasteiger partial charge on any atom is 0.244 e. The van der Waals surface area contributed by atoms with Gasteiger partial charge in [0.05, 0.1) is 12.1 Å². The van der Waals surface area contributed by atoms with Crippen LogP contribution in [0.2, 0.25) is 0 Å². The summed E-state index contributed by atoms with van der Waals surface area (Å²) in [4.78, 5) is -0.104. The maximum absolute atomic E-state index is 12.1. The lowest BCUT2D eigenvalue weighted by molar-refractivity contribution is 0.178. The van der Waals surface area contributed by atoms with Gasteiger partial charge in [-0.3, -0.25) is 0 Å². The third kappa shape index (κ3) is 2.59. The van der Waals surface area contributed by atoms with E-state index in [0.717, 1.165) is 0 Å². The average molecular weight is 257 g/mol. The van der Waals surface area contributed by atoms with Crippen molar-refractivity contribution in [1.29, 1.82) is 0 Å². The summed E-state index contributed by atoms with van der Waals surface area (Å²) < 4.78 is 31.9. The molecule has 94 valence electrons. The zero-order chi connectivity index (χ0) is 12.5. The summed E-state index contributed by atoms with van der Waals surface area (Å²) in [7, 11) is -3.71. The smallest absolute Gasteiger partial charge is 0.244 e. The van der Waals surface area contributed by atoms with Crippen molar-refractivity contribution in [3.63, 3.8) is 0 Å². The Hall–Kier alpha value is -1.11. The van der Waals surface area contributed by atoms with E-state index >= 15 is 0 Å². The van der Waals surface area contributed by atoms with Crippen molar-refractivity contribution >= 4 is 10.0 Å². The zero-order valence-corrected chi connectivity index (χ0v) is 10.3. The highest BCUT2D eigenvalue weighted by Gasteiger charge is 2.35. The van der Waals surface area contributed by atoms with Crippen molar-refractivity contribution in [1.82, 2.24) is 4.72 Å². The molecule has 1 aliphatic heterocycles. The molecule has 1 unspecified atom stereocenters. The molecule has 1 atom stereocenters. The van der Waals surface area contributed by atoms with Crippen molar-refractivity contribution in [3.05, 3.63) is 24.3 Å². The van der Waals surface area contributed by atoms with Crippen LogP contribution in [-0.4, -0.2) is 32.3 Å². The van der Waals surface area contributed by atoms with Crippen LogP contribution in [0, 0.1) is 0 Å². The molecule has 2 rings (SSSR count). The van der Waals surface area contributed by atoms with Crippen LogP contribution in [0.3, 0.4) is 0 Å². The quantitative estimate of drug-likeness (QED) is 0.841. The van der Waals surface area contributed by atoms with Gasteiger partial charge in [-0.2, -0.15) is 0 Å². The number of hydrogen-bond acceptors (Lipinski definition) is 4. The van der Waals surface area contributed by atoms with Gasteiger partial charge in [-0.1, -0.05) is 12.1 Å². The lowest BCUT2D eigenvalue weighted by Gasteiger charge is -2.23. The number of para-hydroxylation sites is 1. The van der Waals surface area contributed by atoms with Gasteiger partial charge in [0.15, 0.2) is 0 Å². The first-order chi connectivity index (χ1) is 7.93. The number of hydrogen-bond donors (Lipinski definition) is 2. The van der Waals surface area contributed by atoms with E-state index in [0.29, 0.717) is 19.6 Å². The third-order valence-corrected chi connectivity index (χ3v) is 4.44. The van der Waals surface area contributed by atoms with Gasteiger partial charge in [0.25, 0.3) is 0 Å². The minimum atomic E-state index is -3.71. The predicted molar refractivity (Wildman–Crippen MR) is 62.3 cm³/mol. The molecule has 0 bridgehead atoms. The van der Waals surface area contributed by atoms with Gasteiger partial charge < -0.3 is 9.84 Å². The summed E-state index contributed by atoms with van der Waals surface area (Å²) in [5.74, 6) is -0.248. The van der Waals surface area contributed by atoms with Gasteiger partial charge in [-0.05, 0) is 25.5 Å². The molecule has 0 aromatic heterocycles. The number of phenols is 1. The Morgan fingerprint density at radius 3 is 2.71 bits per heavy atom. The Morgan fingerprint density at radius 1 is 1.41 bits per heavy atom. The predicted octanol–water partition coefficient (Wildman–Crippen LogP) is 0.850. The van der Waals surface area contributed by atoms with Crippen LogP contribution in [0.15, 0.2) is 29.2 Å². The van der Waals surface area contributed by atoms with Crippen LogP contribution in [0.4, 0.5) is 0 Å². The highest BCUT2D eigenvalue weighted by atomic mass is 32.2. The van der Waals surface area contributed by atoms with Crippen molar-refractivity contribution < 1.29 is 18.3 Å². The second-order valence-corrected chi connectivity index (χ2v) is 6.09. The zero-order valence-electron chi connectivity index (χ0n) is 9.51. The molecule has 0 amide bonds. The second kappa shape index (κ2) is 4.29. The standard InChI is InChI=1S/C11H15NO4S/c1-11(6-7-16-8-11)12-17(14,15)10-5-3-2-4-9(10)13/h2-5,12-13H,6-8H2,1H3. The second-order valence-electron chi connectivity index (χ2n) is 4.44. The summed E-state index contributed by atoms with van der Waals surface area (Å²) in [5.41, 5.74) is -0.596. The van der Waals surface area contributed by atoms with E-state index in [1.165, 1.54) is 12.1 Å². The summed E-state index contributed by atoms with van der Waals surface area (Å²) in [6.07, 6.45) is 0.625. The molecule has 1 aromatic carbocycles. The van der Waals surface area contributed by atoms with Gasteiger partial charge in [0.1, 0.15) is 10.6 Å². The molecular weight excluding hydrogens is 242 g/mol. The molecule has 0 spiro atoms. The first-order valence-corrected chi connectivity index (χ1v) is 6.81. The summed E-state index contributed by atoms with van der Waals surface area (Å²) in [5, 5.41) is 9.55. The van der Waals surface area contributed by atoms with E-state index in [9.17, 15) is 13.5 Å². The van der Waals surface area contributed by atoms with E-state index in [-0.39, 0.29) is 10.6 Å². The number of sulfonamides is 1. The largest absolute Gasteiger partial charge is 0.507 e. The Labute approximate surface area is 100 Å².